The van der Waals surface area contributed by atoms with Crippen LogP contribution in [-0.2, 0) is 16.0 Å². The van der Waals surface area contributed by atoms with Gasteiger partial charge in [0.25, 0.3) is 11.5 Å². The van der Waals surface area contributed by atoms with Crippen molar-refractivity contribution in [2.75, 3.05) is 53.1 Å². The van der Waals surface area contributed by atoms with Gasteiger partial charge in [-0.05, 0) is 44.0 Å². The number of hydrogen-bond acceptors (Lipinski definition) is 6. The molecule has 0 aromatic carbocycles. The molecular formula is C23H31N5O4. The second kappa shape index (κ2) is 10.2. The summed E-state index contributed by atoms with van der Waals surface area (Å²) in [5.41, 5.74) is 2.35. The fourth-order valence-electron chi connectivity index (χ4n) is 4.16. The Labute approximate surface area is 186 Å². The lowest BCUT2D eigenvalue weighted by atomic mass is 10.3. The van der Waals surface area contributed by atoms with Crippen LogP contribution >= 0.6 is 0 Å². The number of rotatable bonds is 9. The molecule has 9 nitrogen and oxygen atoms in total. The van der Waals surface area contributed by atoms with E-state index in [4.69, 9.17) is 14.5 Å². The number of carbonyl (C=O) groups excluding carboxylic acids is 1. The minimum absolute atomic E-state index is 0.166. The summed E-state index contributed by atoms with van der Waals surface area (Å²) in [4.78, 5) is 33.3. The molecule has 0 spiro atoms. The van der Waals surface area contributed by atoms with Gasteiger partial charge in [-0.3, -0.25) is 18.9 Å². The van der Waals surface area contributed by atoms with Crippen LogP contribution in [0.3, 0.4) is 0 Å². The molecule has 1 N–H and O–H groups in total. The maximum absolute atomic E-state index is 13.1. The molecular weight excluding hydrogens is 410 g/mol. The molecule has 4 heterocycles. The third-order valence-electron chi connectivity index (χ3n) is 5.89. The zero-order chi connectivity index (χ0) is 22.5. The molecule has 1 aliphatic heterocycles. The van der Waals surface area contributed by atoms with Crippen molar-refractivity contribution in [2.45, 2.75) is 26.3 Å². The molecule has 0 atom stereocenters. The summed E-state index contributed by atoms with van der Waals surface area (Å²) in [5.74, 6) is -0.187. The first-order valence-corrected chi connectivity index (χ1v) is 11.2. The molecule has 9 heteroatoms. The van der Waals surface area contributed by atoms with Crippen molar-refractivity contribution < 1.29 is 14.3 Å². The molecule has 172 valence electrons. The van der Waals surface area contributed by atoms with Gasteiger partial charge in [0.2, 0.25) is 0 Å². The number of fused-ring (bicyclic) bond motifs is 2. The number of aromatic nitrogens is 3. The van der Waals surface area contributed by atoms with Gasteiger partial charge in [0.05, 0.1) is 18.6 Å². The van der Waals surface area contributed by atoms with Gasteiger partial charge in [-0.2, -0.15) is 0 Å². The first kappa shape index (κ1) is 22.4. The molecule has 1 fully saturated rings. The van der Waals surface area contributed by atoms with E-state index in [1.165, 1.54) is 0 Å². The van der Waals surface area contributed by atoms with Crippen molar-refractivity contribution in [1.29, 1.82) is 0 Å². The normalized spacial score (nSPS) is 14.9. The summed E-state index contributed by atoms with van der Waals surface area (Å²) in [6.45, 7) is 7.93. The Kier molecular flexibility index (Phi) is 7.19. The molecule has 32 heavy (non-hydrogen) atoms. The molecule has 1 aliphatic rings. The predicted molar refractivity (Wildman–Crippen MR) is 122 cm³/mol. The number of ether oxygens (including phenoxy) is 2. The number of methoxy groups -OCH3 is 1. The summed E-state index contributed by atoms with van der Waals surface area (Å²) >= 11 is 0. The third kappa shape index (κ3) is 4.69. The van der Waals surface area contributed by atoms with E-state index in [1.54, 1.807) is 23.8 Å². The Morgan fingerprint density at radius 3 is 2.81 bits per heavy atom. The first-order chi connectivity index (χ1) is 15.6. The van der Waals surface area contributed by atoms with Gasteiger partial charge in [0, 0.05) is 46.1 Å². The highest BCUT2D eigenvalue weighted by molar-refractivity contribution is 5.98. The van der Waals surface area contributed by atoms with Gasteiger partial charge in [0.1, 0.15) is 17.0 Å². The molecule has 3 aromatic heterocycles. The zero-order valence-corrected chi connectivity index (χ0v) is 18.8. The van der Waals surface area contributed by atoms with Crippen molar-refractivity contribution in [3.63, 3.8) is 0 Å². The lowest BCUT2D eigenvalue weighted by Crippen LogP contribution is -2.38. The van der Waals surface area contributed by atoms with Gasteiger partial charge in [0.15, 0.2) is 0 Å². The monoisotopic (exact) mass is 441 g/mol. The smallest absolute Gasteiger partial charge is 0.267 e. The average molecular weight is 442 g/mol. The van der Waals surface area contributed by atoms with Crippen molar-refractivity contribution >= 4 is 22.6 Å². The van der Waals surface area contributed by atoms with E-state index in [-0.39, 0.29) is 11.5 Å². The highest BCUT2D eigenvalue weighted by Crippen LogP contribution is 2.18. The topological polar surface area (TPSA) is 90.1 Å². The van der Waals surface area contributed by atoms with E-state index < -0.39 is 0 Å². The Balaban J connectivity index is 1.58. The van der Waals surface area contributed by atoms with E-state index >= 15 is 0 Å². The fourth-order valence-corrected chi connectivity index (χ4v) is 4.16. The second-order valence-corrected chi connectivity index (χ2v) is 8.13. The van der Waals surface area contributed by atoms with Crippen molar-refractivity contribution in [1.82, 2.24) is 24.2 Å². The van der Waals surface area contributed by atoms with Crippen molar-refractivity contribution in [2.24, 2.45) is 0 Å². The zero-order valence-electron chi connectivity index (χ0n) is 18.8. The van der Waals surface area contributed by atoms with Gasteiger partial charge in [-0.25, -0.2) is 4.98 Å². The molecule has 0 bridgehead atoms. The lowest BCUT2D eigenvalue weighted by molar-refractivity contribution is 0.0374. The van der Waals surface area contributed by atoms with Crippen LogP contribution in [0.1, 0.15) is 28.9 Å². The van der Waals surface area contributed by atoms with Crippen molar-refractivity contribution in [3.8, 4) is 0 Å². The molecule has 0 radical (unpaired) electrons. The summed E-state index contributed by atoms with van der Waals surface area (Å²) in [6, 6.07) is 5.42. The van der Waals surface area contributed by atoms with E-state index in [2.05, 4.69) is 10.2 Å². The number of nitrogens with one attached hydrogen (secondary N) is 1. The van der Waals surface area contributed by atoms with Crippen LogP contribution in [0.4, 0.5) is 0 Å². The van der Waals surface area contributed by atoms with Crippen LogP contribution in [-0.4, -0.2) is 77.9 Å². The molecule has 0 saturated carbocycles. The number of nitrogens with zero attached hydrogens (tertiary/aromatic N) is 4. The SMILES string of the molecule is COCCCn1c(C(=O)NCCCN2CCOCC2)cc2c(=O)n3cccc(C)c3nc21. The van der Waals surface area contributed by atoms with E-state index in [9.17, 15) is 9.59 Å². The molecule has 4 rings (SSSR count). The van der Waals surface area contributed by atoms with E-state index in [0.29, 0.717) is 48.5 Å². The van der Waals surface area contributed by atoms with Crippen LogP contribution in [0, 0.1) is 6.92 Å². The highest BCUT2D eigenvalue weighted by Gasteiger charge is 2.20. The Morgan fingerprint density at radius 1 is 1.22 bits per heavy atom. The quantitative estimate of drug-likeness (QED) is 0.506. The summed E-state index contributed by atoms with van der Waals surface area (Å²) in [7, 11) is 1.65. The van der Waals surface area contributed by atoms with Crippen LogP contribution < -0.4 is 10.9 Å². The van der Waals surface area contributed by atoms with Gasteiger partial charge in [-0.15, -0.1) is 0 Å². The van der Waals surface area contributed by atoms with Gasteiger partial charge >= 0.3 is 0 Å². The fraction of sp³-hybridized carbons (Fsp3) is 0.522. The molecule has 0 aliphatic carbocycles. The molecule has 0 unspecified atom stereocenters. The lowest BCUT2D eigenvalue weighted by Gasteiger charge is -2.26. The largest absolute Gasteiger partial charge is 0.385 e. The maximum Gasteiger partial charge on any atom is 0.267 e. The minimum atomic E-state index is -0.187. The highest BCUT2D eigenvalue weighted by atomic mass is 16.5. The van der Waals surface area contributed by atoms with Crippen LogP contribution in [0.5, 0.6) is 0 Å². The van der Waals surface area contributed by atoms with E-state index in [0.717, 1.165) is 44.8 Å². The number of aryl methyl sites for hydroxylation is 2. The van der Waals surface area contributed by atoms with Crippen molar-refractivity contribution in [3.05, 3.63) is 46.0 Å². The Morgan fingerprint density at radius 2 is 2.03 bits per heavy atom. The molecule has 3 aromatic rings. The third-order valence-corrected chi connectivity index (χ3v) is 5.89. The number of morpholine rings is 1. The average Bonchev–Trinajstić information content (AvgIpc) is 3.17. The predicted octanol–water partition coefficient (Wildman–Crippen LogP) is 1.45. The van der Waals surface area contributed by atoms with Crippen LogP contribution in [0.25, 0.3) is 16.7 Å². The number of carbonyl (C=O) groups is 1. The van der Waals surface area contributed by atoms with Gasteiger partial charge < -0.3 is 19.4 Å². The number of hydrogen-bond donors (Lipinski definition) is 1. The molecule has 1 saturated heterocycles. The molecule has 1 amide bonds. The standard InChI is InChI=1S/C23H31N5O4/c1-17-6-3-9-28-20(17)25-21-18(23(28)30)16-19(27(21)10-5-13-31-2)22(29)24-7-4-8-26-11-14-32-15-12-26/h3,6,9,16H,4-5,7-8,10-15H2,1-2H3,(H,24,29). The number of pyridine rings is 1. The van der Waals surface area contributed by atoms with Crippen LogP contribution in [0.15, 0.2) is 29.2 Å². The summed E-state index contributed by atoms with van der Waals surface area (Å²) in [5, 5.41) is 3.47. The maximum atomic E-state index is 13.1. The second-order valence-electron chi connectivity index (χ2n) is 8.13. The van der Waals surface area contributed by atoms with E-state index in [1.807, 2.05) is 23.6 Å². The van der Waals surface area contributed by atoms with Gasteiger partial charge in [-0.1, -0.05) is 6.07 Å². The first-order valence-electron chi connectivity index (χ1n) is 11.2. The Hall–Kier alpha value is -2.75. The minimum Gasteiger partial charge on any atom is -0.385 e. The summed E-state index contributed by atoms with van der Waals surface area (Å²) < 4.78 is 14.0. The van der Waals surface area contributed by atoms with Crippen LogP contribution in [0.2, 0.25) is 0 Å². The Bertz CT molecular complexity index is 1150. The summed E-state index contributed by atoms with van der Waals surface area (Å²) in [6.07, 6.45) is 3.29. The number of amides is 1.